The van der Waals surface area contributed by atoms with E-state index in [9.17, 15) is 0 Å². The van der Waals surface area contributed by atoms with Crippen LogP contribution in [0.3, 0.4) is 0 Å². The van der Waals surface area contributed by atoms with Gasteiger partial charge in [-0.3, -0.25) is 0 Å². The molecular weight excluding hydrogens is 79.0 g/mol. The molecule has 0 bridgehead atoms. The first kappa shape index (κ1) is 7.34. The largest absolute Gasteiger partial charge is 1.00 e. The van der Waals surface area contributed by atoms with E-state index in [0.29, 0.717) is 0 Å². The number of hydrogen-bond acceptors (Lipinski definition) is 0. The molecule has 1 rings (SSSR count). The van der Waals surface area contributed by atoms with Gasteiger partial charge in [-0.25, -0.2) is 0 Å². The summed E-state index contributed by atoms with van der Waals surface area (Å²) in [7, 11) is 0. The summed E-state index contributed by atoms with van der Waals surface area (Å²) in [6.45, 7) is 5.83. The minimum absolute atomic E-state index is 0. The predicted octanol–water partition coefficient (Wildman–Crippen LogP) is -1.21. The molecule has 0 aromatic carbocycles. The fraction of sp³-hybridized carbons (Fsp3) is 0.500. The molecular formula is C6H9Li. The van der Waals surface area contributed by atoms with Crippen LogP contribution >= 0.6 is 0 Å². The van der Waals surface area contributed by atoms with Gasteiger partial charge in [0.25, 0.3) is 0 Å². The van der Waals surface area contributed by atoms with E-state index in [2.05, 4.69) is 13.5 Å². The van der Waals surface area contributed by atoms with Gasteiger partial charge in [-0.15, -0.1) is 12.7 Å². The van der Waals surface area contributed by atoms with Gasteiger partial charge < -0.3 is 5.92 Å². The average molecular weight is 88.1 g/mol. The van der Waals surface area contributed by atoms with E-state index in [1.165, 1.54) is 6.42 Å². The molecule has 0 saturated heterocycles. The second kappa shape index (κ2) is 2.60. The van der Waals surface area contributed by atoms with Crippen molar-refractivity contribution in [3.8, 4) is 0 Å². The first-order valence-corrected chi connectivity index (χ1v) is 2.29. The van der Waals surface area contributed by atoms with Crippen LogP contribution in [0.5, 0.6) is 0 Å². The third-order valence-electron chi connectivity index (χ3n) is 1.30. The molecule has 1 fully saturated rings. The van der Waals surface area contributed by atoms with Gasteiger partial charge in [0.15, 0.2) is 0 Å². The van der Waals surface area contributed by atoms with Crippen molar-refractivity contribution in [3.05, 3.63) is 18.6 Å². The number of hydrogen-bond donors (Lipinski definition) is 0. The molecule has 1 aliphatic rings. The van der Waals surface area contributed by atoms with E-state index in [4.69, 9.17) is 0 Å². The average Bonchev–Trinajstić information content (AvgIpc) is 2.19. The Bertz CT molecular complexity index is 68.6. The summed E-state index contributed by atoms with van der Waals surface area (Å²) in [4.78, 5) is 0. The van der Waals surface area contributed by atoms with Crippen LogP contribution in [0, 0.1) is 11.8 Å². The fourth-order valence-corrected chi connectivity index (χ4v) is 0.572. The molecule has 0 amide bonds. The monoisotopic (exact) mass is 88.1 g/mol. The van der Waals surface area contributed by atoms with E-state index in [1.54, 1.807) is 5.92 Å². The Balaban J connectivity index is 0.000000360. The van der Waals surface area contributed by atoms with Crippen LogP contribution in [-0.4, -0.2) is 0 Å². The molecule has 1 heteroatoms. The summed E-state index contributed by atoms with van der Waals surface area (Å²) >= 11 is 0. The minimum atomic E-state index is 0. The fourth-order valence-electron chi connectivity index (χ4n) is 0.572. The normalized spacial score (nSPS) is 28.4. The van der Waals surface area contributed by atoms with E-state index in [0.717, 1.165) is 5.92 Å². The minimum Gasteiger partial charge on any atom is -0.314 e. The van der Waals surface area contributed by atoms with Crippen molar-refractivity contribution < 1.29 is 18.9 Å². The van der Waals surface area contributed by atoms with Gasteiger partial charge in [-0.1, -0.05) is 0 Å². The molecule has 0 N–H and O–H groups in total. The van der Waals surface area contributed by atoms with Crippen LogP contribution < -0.4 is 18.9 Å². The van der Waals surface area contributed by atoms with Crippen molar-refractivity contribution in [3.63, 3.8) is 0 Å². The zero-order valence-electron chi connectivity index (χ0n) is 5.07. The summed E-state index contributed by atoms with van der Waals surface area (Å²) in [5, 5.41) is 0. The summed E-state index contributed by atoms with van der Waals surface area (Å²) in [5.41, 5.74) is 0. The zero-order chi connectivity index (χ0) is 4.57. The van der Waals surface area contributed by atoms with Crippen LogP contribution in [0.1, 0.15) is 13.3 Å². The zero-order valence-corrected chi connectivity index (χ0v) is 5.07. The van der Waals surface area contributed by atoms with Crippen molar-refractivity contribution >= 4 is 0 Å². The Kier molecular flexibility index (Phi) is 2.72. The Morgan fingerprint density at radius 2 is 2.29 bits per heavy atom. The van der Waals surface area contributed by atoms with Gasteiger partial charge >= 0.3 is 18.9 Å². The maximum absolute atomic E-state index is 3.65. The Morgan fingerprint density at radius 1 is 1.86 bits per heavy atom. The number of rotatable bonds is 1. The van der Waals surface area contributed by atoms with E-state index >= 15 is 0 Å². The van der Waals surface area contributed by atoms with Crippen LogP contribution in [0.25, 0.3) is 0 Å². The summed E-state index contributed by atoms with van der Waals surface area (Å²) in [6, 6.07) is 0. The summed E-state index contributed by atoms with van der Waals surface area (Å²) in [5.74, 6) is 2.37. The van der Waals surface area contributed by atoms with Gasteiger partial charge in [0.1, 0.15) is 0 Å². The van der Waals surface area contributed by atoms with Gasteiger partial charge in [0.05, 0.1) is 0 Å². The SMILES string of the molecule is C=CC1C[C-]1C.[Li+]. The van der Waals surface area contributed by atoms with Crippen molar-refractivity contribution in [2.75, 3.05) is 0 Å². The molecule has 0 radical (unpaired) electrons. The van der Waals surface area contributed by atoms with E-state index in [1.807, 2.05) is 6.08 Å². The van der Waals surface area contributed by atoms with Gasteiger partial charge in [-0.2, -0.15) is 19.3 Å². The molecule has 7 heavy (non-hydrogen) atoms. The Hall–Kier alpha value is 0.337. The van der Waals surface area contributed by atoms with Crippen molar-refractivity contribution in [1.82, 2.24) is 0 Å². The molecule has 1 atom stereocenters. The summed E-state index contributed by atoms with van der Waals surface area (Å²) < 4.78 is 0. The van der Waals surface area contributed by atoms with Gasteiger partial charge in [0, 0.05) is 0 Å². The Morgan fingerprint density at radius 3 is 2.29 bits per heavy atom. The van der Waals surface area contributed by atoms with E-state index < -0.39 is 0 Å². The third-order valence-corrected chi connectivity index (χ3v) is 1.30. The quantitative estimate of drug-likeness (QED) is 0.214. The smallest absolute Gasteiger partial charge is 0.314 e. The second-order valence-corrected chi connectivity index (χ2v) is 1.89. The van der Waals surface area contributed by atoms with Crippen LogP contribution in [0.4, 0.5) is 0 Å². The third kappa shape index (κ3) is 1.72. The second-order valence-electron chi connectivity index (χ2n) is 1.89. The van der Waals surface area contributed by atoms with Gasteiger partial charge in [0.2, 0.25) is 0 Å². The molecule has 0 heterocycles. The standard InChI is InChI=1S/C6H9.Li/c1-3-6-4-5(6)2;/h3,6H,1,4H2,2H3;/q-1;+1. The topological polar surface area (TPSA) is 0 Å². The van der Waals surface area contributed by atoms with Crippen LogP contribution in [0.2, 0.25) is 0 Å². The maximum Gasteiger partial charge on any atom is 1.00 e. The molecule has 0 spiro atoms. The van der Waals surface area contributed by atoms with Gasteiger partial charge in [-0.05, 0) is 0 Å². The van der Waals surface area contributed by atoms with Crippen molar-refractivity contribution in [2.24, 2.45) is 5.92 Å². The first-order valence-electron chi connectivity index (χ1n) is 2.29. The maximum atomic E-state index is 3.65. The Labute approximate surface area is 57.2 Å². The molecule has 0 aromatic rings. The van der Waals surface area contributed by atoms with E-state index in [-0.39, 0.29) is 18.9 Å². The molecule has 0 aliphatic heterocycles. The van der Waals surface area contributed by atoms with Crippen LogP contribution in [-0.2, 0) is 0 Å². The summed E-state index contributed by atoms with van der Waals surface area (Å²) in [6.07, 6.45) is 3.30. The molecule has 34 valence electrons. The number of allylic oxidation sites excluding steroid dienone is 1. The predicted molar refractivity (Wildman–Crippen MR) is 27.2 cm³/mol. The molecule has 1 unspecified atom stereocenters. The van der Waals surface area contributed by atoms with Crippen LogP contribution in [0.15, 0.2) is 12.7 Å². The van der Waals surface area contributed by atoms with Crippen molar-refractivity contribution in [1.29, 1.82) is 0 Å². The van der Waals surface area contributed by atoms with Crippen molar-refractivity contribution in [2.45, 2.75) is 13.3 Å². The first-order chi connectivity index (χ1) is 2.84. The molecule has 1 saturated carbocycles. The molecule has 1 aliphatic carbocycles. The molecule has 0 nitrogen and oxygen atoms in total. The molecule has 0 aromatic heterocycles.